The maximum absolute atomic E-state index is 13.1. The first-order valence-electron chi connectivity index (χ1n) is 9.62. The molecule has 7 nitrogen and oxygen atoms in total. The third-order valence-corrected chi connectivity index (χ3v) is 7.85. The number of benzene rings is 1. The van der Waals surface area contributed by atoms with Crippen LogP contribution in [-0.4, -0.2) is 33.4 Å². The van der Waals surface area contributed by atoms with Gasteiger partial charge in [-0.05, 0) is 37.3 Å². The molecule has 5 rings (SSSR count). The highest BCUT2D eigenvalue weighted by Gasteiger charge is 2.79. The fraction of sp³-hybridized carbons (Fsp3) is 0.524. The van der Waals surface area contributed by atoms with Gasteiger partial charge in [-0.25, -0.2) is 9.78 Å². The molecule has 3 aliphatic rings. The number of carbonyl (C=O) groups is 1. The molecule has 28 heavy (non-hydrogen) atoms. The summed E-state index contributed by atoms with van der Waals surface area (Å²) in [5, 5.41) is 13.5. The zero-order chi connectivity index (χ0) is 19.7. The Hall–Kier alpha value is -2.72. The highest BCUT2D eigenvalue weighted by atomic mass is 16.7. The number of aromatic nitrogens is 2. The van der Waals surface area contributed by atoms with Crippen LogP contribution in [0.15, 0.2) is 29.4 Å². The number of para-hydroxylation sites is 2. The minimum atomic E-state index is -0.957. The Balaban J connectivity index is 1.46. The summed E-state index contributed by atoms with van der Waals surface area (Å²) in [6, 6.07) is 9.57. The second-order valence-electron chi connectivity index (χ2n) is 8.72. The number of rotatable bonds is 3. The van der Waals surface area contributed by atoms with Crippen LogP contribution >= 0.6 is 0 Å². The molecule has 2 heterocycles. The van der Waals surface area contributed by atoms with Crippen LogP contribution < -0.4 is 0 Å². The molecule has 144 valence electrons. The van der Waals surface area contributed by atoms with Crippen LogP contribution in [0.25, 0.3) is 11.0 Å². The molecule has 3 fully saturated rings. The van der Waals surface area contributed by atoms with Gasteiger partial charge in [0.15, 0.2) is 11.4 Å². The number of nitriles is 1. The molecule has 7 heteroatoms. The lowest BCUT2D eigenvalue weighted by Crippen LogP contribution is -2.50. The summed E-state index contributed by atoms with van der Waals surface area (Å²) >= 11 is 0. The van der Waals surface area contributed by atoms with E-state index in [1.54, 1.807) is 11.6 Å². The molecule has 1 saturated heterocycles. The molecule has 4 bridgehead atoms. The van der Waals surface area contributed by atoms with Crippen LogP contribution in [0.1, 0.15) is 38.9 Å². The van der Waals surface area contributed by atoms with Gasteiger partial charge in [-0.1, -0.05) is 31.1 Å². The molecule has 4 unspecified atom stereocenters. The van der Waals surface area contributed by atoms with Crippen molar-refractivity contribution in [1.29, 1.82) is 5.26 Å². The third-order valence-electron chi connectivity index (χ3n) is 7.85. The normalized spacial score (nSPS) is 36.1. The third kappa shape index (κ3) is 1.84. The Bertz CT molecular complexity index is 1080. The van der Waals surface area contributed by atoms with Crippen molar-refractivity contribution in [2.24, 2.45) is 29.0 Å². The number of hydrogen-bond acceptors (Lipinski definition) is 6. The molecule has 2 saturated carbocycles. The number of nitrogens with zero attached hydrogens (tertiary/aromatic N) is 4. The fourth-order valence-electron chi connectivity index (χ4n) is 5.85. The van der Waals surface area contributed by atoms with Gasteiger partial charge < -0.3 is 14.1 Å². The Labute approximate surface area is 162 Å². The lowest BCUT2D eigenvalue weighted by molar-refractivity contribution is -0.181. The summed E-state index contributed by atoms with van der Waals surface area (Å²) < 4.78 is 7.81. The zero-order valence-electron chi connectivity index (χ0n) is 16.2. The lowest BCUT2D eigenvalue weighted by Gasteiger charge is -2.38. The number of ether oxygens (including phenoxy) is 1. The van der Waals surface area contributed by atoms with Gasteiger partial charge in [0.1, 0.15) is 6.07 Å². The van der Waals surface area contributed by atoms with Crippen molar-refractivity contribution in [2.45, 2.75) is 38.7 Å². The molecule has 1 aromatic carbocycles. The average Bonchev–Trinajstić information content (AvgIpc) is 3.30. The van der Waals surface area contributed by atoms with Gasteiger partial charge in [0.25, 0.3) is 0 Å². The highest BCUT2D eigenvalue weighted by molar-refractivity contribution is 6.10. The molecule has 1 aliphatic heterocycles. The average molecular weight is 378 g/mol. The Kier molecular flexibility index (Phi) is 3.36. The highest BCUT2D eigenvalue weighted by Crippen LogP contribution is 2.75. The molecular weight excluding hydrogens is 356 g/mol. The second-order valence-corrected chi connectivity index (χ2v) is 8.72. The van der Waals surface area contributed by atoms with Gasteiger partial charge in [-0.2, -0.15) is 5.26 Å². The smallest absolute Gasteiger partial charge is 0.362 e. The summed E-state index contributed by atoms with van der Waals surface area (Å²) in [6.45, 7) is 4.92. The maximum atomic E-state index is 13.1. The van der Waals surface area contributed by atoms with Gasteiger partial charge in [0, 0.05) is 17.9 Å². The minimum absolute atomic E-state index is 0.00515. The summed E-state index contributed by atoms with van der Waals surface area (Å²) in [5.41, 5.74) is 0.399. The molecule has 4 atom stereocenters. The van der Waals surface area contributed by atoms with Crippen molar-refractivity contribution in [3.8, 4) is 6.07 Å². The fourth-order valence-corrected chi connectivity index (χ4v) is 5.85. The van der Waals surface area contributed by atoms with Crippen molar-refractivity contribution in [1.82, 2.24) is 9.55 Å². The second kappa shape index (κ2) is 5.42. The van der Waals surface area contributed by atoms with Gasteiger partial charge in [0.05, 0.1) is 17.6 Å². The van der Waals surface area contributed by atoms with E-state index in [4.69, 9.17) is 9.57 Å². The minimum Gasteiger partial charge on any atom is -0.362 e. The van der Waals surface area contributed by atoms with Crippen LogP contribution in [0.5, 0.6) is 0 Å². The molecule has 1 aromatic heterocycles. The van der Waals surface area contributed by atoms with Crippen molar-refractivity contribution < 1.29 is 14.4 Å². The summed E-state index contributed by atoms with van der Waals surface area (Å²) in [4.78, 5) is 22.9. The predicted octanol–water partition coefficient (Wildman–Crippen LogP) is 2.94. The summed E-state index contributed by atoms with van der Waals surface area (Å²) in [7, 11) is 1.81. The Morgan fingerprint density at radius 2 is 2.21 bits per heavy atom. The largest absolute Gasteiger partial charge is 0.367 e. The van der Waals surface area contributed by atoms with Crippen molar-refractivity contribution in [3.63, 3.8) is 0 Å². The number of hydrogen-bond donors (Lipinski definition) is 0. The van der Waals surface area contributed by atoms with Crippen LogP contribution in [0.2, 0.25) is 0 Å². The summed E-state index contributed by atoms with van der Waals surface area (Å²) in [6.07, 6.45) is 2.74. The topological polar surface area (TPSA) is 89.5 Å². The van der Waals surface area contributed by atoms with Crippen molar-refractivity contribution in [2.75, 3.05) is 6.61 Å². The van der Waals surface area contributed by atoms with Crippen molar-refractivity contribution in [3.05, 3.63) is 30.1 Å². The van der Waals surface area contributed by atoms with E-state index in [-0.39, 0.29) is 16.5 Å². The molecular formula is C21H22N4O3. The lowest BCUT2D eigenvalue weighted by atomic mass is 9.66. The zero-order valence-corrected chi connectivity index (χ0v) is 16.2. The standard InChI is InChI=1S/C21H22N4O3/c1-19-12-27-21(10-13(19)8-9-20(19,21)2)18(26)28-24-15(11-22)17-23-14-6-4-5-7-16(14)25(17)3/h4-7,13H,8-10,12H2,1-3H3/b24-15+. The maximum Gasteiger partial charge on any atom is 0.367 e. The number of oxime groups is 1. The van der Waals surface area contributed by atoms with Gasteiger partial charge in [-0.15, -0.1) is 0 Å². The number of carbonyl (C=O) groups excluding carboxylic acids is 1. The Morgan fingerprint density at radius 1 is 1.43 bits per heavy atom. The van der Waals surface area contributed by atoms with Gasteiger partial charge >= 0.3 is 5.97 Å². The van der Waals surface area contributed by atoms with Crippen LogP contribution in [0.4, 0.5) is 0 Å². The van der Waals surface area contributed by atoms with Gasteiger partial charge in [0.2, 0.25) is 5.71 Å². The van der Waals surface area contributed by atoms with E-state index in [0.29, 0.717) is 24.8 Å². The first kappa shape index (κ1) is 17.4. The summed E-state index contributed by atoms with van der Waals surface area (Å²) in [5.74, 6) is 0.343. The molecule has 0 spiro atoms. The first-order valence-corrected chi connectivity index (χ1v) is 9.62. The van der Waals surface area contributed by atoms with E-state index in [1.807, 2.05) is 30.3 Å². The van der Waals surface area contributed by atoms with Crippen LogP contribution in [0.3, 0.4) is 0 Å². The van der Waals surface area contributed by atoms with Crippen molar-refractivity contribution >= 4 is 22.7 Å². The number of aryl methyl sites for hydroxylation is 1. The SMILES string of the molecule is Cn1c(/C(C#N)=N/OC(=O)C23CC4CCC2(C)C4(C)CO3)nc2ccccc21. The first-order chi connectivity index (χ1) is 13.4. The van der Waals surface area contributed by atoms with E-state index < -0.39 is 11.6 Å². The molecule has 0 radical (unpaired) electrons. The van der Waals surface area contributed by atoms with Crippen LogP contribution in [0, 0.1) is 28.1 Å². The monoisotopic (exact) mass is 378 g/mol. The molecule has 0 N–H and O–H groups in total. The van der Waals surface area contributed by atoms with Crippen LogP contribution in [-0.2, 0) is 21.4 Å². The van der Waals surface area contributed by atoms with E-state index >= 15 is 0 Å². The molecule has 2 aromatic rings. The molecule has 0 amide bonds. The Morgan fingerprint density at radius 3 is 2.89 bits per heavy atom. The number of fused-ring (bicyclic) bond motifs is 1. The quantitative estimate of drug-likeness (QED) is 0.465. The van der Waals surface area contributed by atoms with E-state index in [0.717, 1.165) is 23.9 Å². The van der Waals surface area contributed by atoms with Gasteiger partial charge in [-0.3, -0.25) is 0 Å². The van der Waals surface area contributed by atoms with E-state index in [2.05, 4.69) is 24.0 Å². The number of imidazole rings is 1. The predicted molar refractivity (Wildman–Crippen MR) is 101 cm³/mol. The van der Waals surface area contributed by atoms with E-state index in [1.165, 1.54) is 0 Å². The molecule has 2 aliphatic carbocycles. The van der Waals surface area contributed by atoms with E-state index in [9.17, 15) is 10.1 Å².